The van der Waals surface area contributed by atoms with E-state index in [4.69, 9.17) is 4.42 Å². The molecule has 1 aliphatic heterocycles. The van der Waals surface area contributed by atoms with E-state index in [9.17, 15) is 9.59 Å². The van der Waals surface area contributed by atoms with E-state index in [1.165, 1.54) is 0 Å². The third kappa shape index (κ3) is 2.88. The number of fused-ring (bicyclic) bond motifs is 1. The van der Waals surface area contributed by atoms with Gasteiger partial charge in [0.05, 0.1) is 6.26 Å². The lowest BCUT2D eigenvalue weighted by molar-refractivity contribution is -0.116. The van der Waals surface area contributed by atoms with Crippen molar-refractivity contribution in [2.75, 3.05) is 18.0 Å². The predicted octanol–water partition coefficient (Wildman–Crippen LogP) is 2.16. The van der Waals surface area contributed by atoms with E-state index in [1.54, 1.807) is 24.2 Å². The molecule has 114 valence electrons. The number of nitrogens with zero attached hydrogens (tertiary/aromatic N) is 1. The summed E-state index contributed by atoms with van der Waals surface area (Å²) in [5, 5.41) is 2.88. The van der Waals surface area contributed by atoms with Gasteiger partial charge in [-0.1, -0.05) is 0 Å². The van der Waals surface area contributed by atoms with Crippen LogP contribution in [0.15, 0.2) is 41.0 Å². The summed E-state index contributed by atoms with van der Waals surface area (Å²) in [4.78, 5) is 25.4. The van der Waals surface area contributed by atoms with Crippen LogP contribution in [0.25, 0.3) is 0 Å². The van der Waals surface area contributed by atoms with Crippen LogP contribution in [0.3, 0.4) is 0 Å². The van der Waals surface area contributed by atoms with Gasteiger partial charge in [0.15, 0.2) is 0 Å². The summed E-state index contributed by atoms with van der Waals surface area (Å²) in [6.45, 7) is 2.78. The highest BCUT2D eigenvalue weighted by molar-refractivity contribution is 5.97. The molecule has 0 fully saturated rings. The van der Waals surface area contributed by atoms with Gasteiger partial charge in [0.2, 0.25) is 5.91 Å². The van der Waals surface area contributed by atoms with Crippen molar-refractivity contribution in [1.29, 1.82) is 0 Å². The average Bonchev–Trinajstić information content (AvgIpc) is 3.15. The first-order chi connectivity index (χ1) is 10.6. The molecule has 0 saturated heterocycles. The first kappa shape index (κ1) is 14.4. The minimum absolute atomic E-state index is 0.0365. The molecule has 1 N–H and O–H groups in total. The Morgan fingerprint density at radius 1 is 1.32 bits per heavy atom. The lowest BCUT2D eigenvalue weighted by Crippen LogP contribution is -2.26. The number of carbonyl (C=O) groups excluding carboxylic acids is 2. The van der Waals surface area contributed by atoms with Crippen molar-refractivity contribution >= 4 is 17.5 Å². The topological polar surface area (TPSA) is 62.6 Å². The molecular formula is C17H18N2O3. The monoisotopic (exact) mass is 298 g/mol. The summed E-state index contributed by atoms with van der Waals surface area (Å²) in [6, 6.07) is 9.21. The van der Waals surface area contributed by atoms with Crippen LogP contribution < -0.4 is 10.2 Å². The molecule has 0 aliphatic carbocycles. The molecule has 1 aromatic carbocycles. The van der Waals surface area contributed by atoms with Gasteiger partial charge in [-0.2, -0.15) is 0 Å². The SMILES string of the molecule is CC(=O)N1CCc2cc(C(=O)NCCc3ccco3)ccc21. The summed E-state index contributed by atoms with van der Waals surface area (Å²) in [6.07, 6.45) is 3.09. The Labute approximate surface area is 128 Å². The third-order valence-corrected chi connectivity index (χ3v) is 3.85. The Kier molecular flexibility index (Phi) is 3.96. The van der Waals surface area contributed by atoms with Gasteiger partial charge >= 0.3 is 0 Å². The fourth-order valence-electron chi connectivity index (χ4n) is 2.73. The maximum absolute atomic E-state index is 12.2. The second-order valence-corrected chi connectivity index (χ2v) is 5.35. The molecule has 22 heavy (non-hydrogen) atoms. The highest BCUT2D eigenvalue weighted by atomic mass is 16.3. The zero-order valence-corrected chi connectivity index (χ0v) is 12.5. The predicted molar refractivity (Wildman–Crippen MR) is 82.9 cm³/mol. The molecule has 3 rings (SSSR count). The third-order valence-electron chi connectivity index (χ3n) is 3.85. The fraction of sp³-hybridized carbons (Fsp3) is 0.294. The number of carbonyl (C=O) groups is 2. The Morgan fingerprint density at radius 3 is 2.91 bits per heavy atom. The van der Waals surface area contributed by atoms with Crippen molar-refractivity contribution in [3.63, 3.8) is 0 Å². The molecule has 0 saturated carbocycles. The van der Waals surface area contributed by atoms with Gasteiger partial charge in [0.1, 0.15) is 5.76 Å². The van der Waals surface area contributed by atoms with E-state index < -0.39 is 0 Å². The number of rotatable bonds is 4. The molecule has 2 amide bonds. The highest BCUT2D eigenvalue weighted by Gasteiger charge is 2.22. The highest BCUT2D eigenvalue weighted by Crippen LogP contribution is 2.28. The Morgan fingerprint density at radius 2 is 2.18 bits per heavy atom. The van der Waals surface area contributed by atoms with Gasteiger partial charge in [-0.25, -0.2) is 0 Å². The van der Waals surface area contributed by atoms with Crippen LogP contribution in [0.5, 0.6) is 0 Å². The van der Waals surface area contributed by atoms with Crippen LogP contribution in [0.1, 0.15) is 28.6 Å². The van der Waals surface area contributed by atoms with Gasteiger partial charge in [-0.3, -0.25) is 9.59 Å². The molecule has 0 spiro atoms. The molecule has 1 aliphatic rings. The Bertz CT molecular complexity index is 692. The van der Waals surface area contributed by atoms with E-state index in [1.807, 2.05) is 24.3 Å². The summed E-state index contributed by atoms with van der Waals surface area (Å²) in [5.74, 6) is 0.788. The zero-order chi connectivity index (χ0) is 15.5. The maximum Gasteiger partial charge on any atom is 0.251 e. The fourth-order valence-corrected chi connectivity index (χ4v) is 2.73. The van der Waals surface area contributed by atoms with Crippen LogP contribution in [-0.4, -0.2) is 24.9 Å². The number of nitrogens with one attached hydrogen (secondary N) is 1. The average molecular weight is 298 g/mol. The van der Waals surface area contributed by atoms with Gasteiger partial charge in [0, 0.05) is 37.7 Å². The van der Waals surface area contributed by atoms with Crippen molar-refractivity contribution in [3.05, 3.63) is 53.5 Å². The summed E-state index contributed by atoms with van der Waals surface area (Å²) >= 11 is 0. The lowest BCUT2D eigenvalue weighted by atomic mass is 10.1. The number of furan rings is 1. The minimum atomic E-state index is -0.101. The lowest BCUT2D eigenvalue weighted by Gasteiger charge is -2.14. The Hall–Kier alpha value is -2.56. The van der Waals surface area contributed by atoms with Crippen LogP contribution in [0.2, 0.25) is 0 Å². The zero-order valence-electron chi connectivity index (χ0n) is 12.5. The number of anilines is 1. The molecule has 0 bridgehead atoms. The van der Waals surface area contributed by atoms with Crippen LogP contribution in [-0.2, 0) is 17.6 Å². The van der Waals surface area contributed by atoms with Gasteiger partial charge < -0.3 is 14.6 Å². The molecule has 2 heterocycles. The largest absolute Gasteiger partial charge is 0.469 e. The summed E-state index contributed by atoms with van der Waals surface area (Å²) in [7, 11) is 0. The molecular weight excluding hydrogens is 280 g/mol. The van der Waals surface area contributed by atoms with Crippen molar-refractivity contribution in [2.24, 2.45) is 0 Å². The molecule has 1 aromatic heterocycles. The molecule has 0 atom stereocenters. The quantitative estimate of drug-likeness (QED) is 0.941. The van der Waals surface area contributed by atoms with Gasteiger partial charge in [0.25, 0.3) is 5.91 Å². The summed E-state index contributed by atoms with van der Waals surface area (Å²) in [5.41, 5.74) is 2.59. The number of hydrogen-bond donors (Lipinski definition) is 1. The van der Waals surface area contributed by atoms with Crippen LogP contribution >= 0.6 is 0 Å². The van der Waals surface area contributed by atoms with Crippen LogP contribution in [0, 0.1) is 0 Å². The van der Waals surface area contributed by atoms with E-state index >= 15 is 0 Å². The molecule has 5 heteroatoms. The van der Waals surface area contributed by atoms with Crippen molar-refractivity contribution in [2.45, 2.75) is 19.8 Å². The van der Waals surface area contributed by atoms with Crippen molar-refractivity contribution in [1.82, 2.24) is 5.32 Å². The van der Waals surface area contributed by atoms with Crippen molar-refractivity contribution in [3.8, 4) is 0 Å². The van der Waals surface area contributed by atoms with E-state index in [2.05, 4.69) is 5.32 Å². The smallest absolute Gasteiger partial charge is 0.251 e. The van der Waals surface area contributed by atoms with Gasteiger partial charge in [-0.15, -0.1) is 0 Å². The second kappa shape index (κ2) is 6.05. The first-order valence-electron chi connectivity index (χ1n) is 7.37. The number of benzene rings is 1. The first-order valence-corrected chi connectivity index (χ1v) is 7.37. The second-order valence-electron chi connectivity index (χ2n) is 5.35. The maximum atomic E-state index is 12.2. The standard InChI is InChI=1S/C17H18N2O3/c1-12(20)19-9-7-13-11-14(4-5-16(13)19)17(21)18-8-6-15-3-2-10-22-15/h2-5,10-11H,6-9H2,1H3,(H,18,21). The number of amides is 2. The molecule has 0 radical (unpaired) electrons. The molecule has 2 aromatic rings. The van der Waals surface area contributed by atoms with E-state index in [0.29, 0.717) is 25.1 Å². The normalized spacial score (nSPS) is 13.0. The molecule has 0 unspecified atom stereocenters. The van der Waals surface area contributed by atoms with E-state index in [-0.39, 0.29) is 11.8 Å². The van der Waals surface area contributed by atoms with Gasteiger partial charge in [-0.05, 0) is 42.3 Å². The summed E-state index contributed by atoms with van der Waals surface area (Å²) < 4.78 is 5.23. The van der Waals surface area contributed by atoms with Crippen LogP contribution in [0.4, 0.5) is 5.69 Å². The number of hydrogen-bond acceptors (Lipinski definition) is 3. The van der Waals surface area contributed by atoms with E-state index in [0.717, 1.165) is 23.4 Å². The Balaban J connectivity index is 1.63. The minimum Gasteiger partial charge on any atom is -0.469 e. The van der Waals surface area contributed by atoms with Crippen molar-refractivity contribution < 1.29 is 14.0 Å². The molecule has 5 nitrogen and oxygen atoms in total.